The third-order valence-electron chi connectivity index (χ3n) is 4.66. The van der Waals surface area contributed by atoms with Gasteiger partial charge < -0.3 is 14.7 Å². The lowest BCUT2D eigenvalue weighted by Gasteiger charge is -2.35. The van der Waals surface area contributed by atoms with Crippen molar-refractivity contribution in [2.45, 2.75) is 38.3 Å². The third-order valence-corrected chi connectivity index (χ3v) is 4.66. The molecule has 22 heavy (non-hydrogen) atoms. The van der Waals surface area contributed by atoms with E-state index in [1.54, 1.807) is 4.90 Å². The van der Waals surface area contributed by atoms with Crippen LogP contribution >= 0.6 is 0 Å². The highest BCUT2D eigenvalue weighted by atomic mass is 16.5. The number of carboxylic acids is 1. The van der Waals surface area contributed by atoms with Crippen molar-refractivity contribution in [2.24, 2.45) is 5.92 Å². The minimum Gasteiger partial charge on any atom is -0.480 e. The molecule has 0 aliphatic carbocycles. The van der Waals surface area contributed by atoms with E-state index in [0.29, 0.717) is 38.5 Å². The van der Waals surface area contributed by atoms with Crippen molar-refractivity contribution >= 4 is 11.9 Å². The predicted molar refractivity (Wildman–Crippen MR) is 80.3 cm³/mol. The Balaban J connectivity index is 1.75. The molecule has 1 saturated heterocycles. The van der Waals surface area contributed by atoms with Crippen molar-refractivity contribution in [3.05, 3.63) is 35.4 Å². The first-order valence-electron chi connectivity index (χ1n) is 7.82. The Morgan fingerprint density at radius 3 is 2.55 bits per heavy atom. The molecule has 3 rings (SSSR count). The number of amides is 1. The standard InChI is InChI=1S/C17H21NO4/c19-16(9-12-5-7-22-8-6-12)18-11-14-4-2-1-3-13(14)10-15(18)17(20)21/h1-4,12,15H,5-11H2,(H,20,21). The van der Waals surface area contributed by atoms with Gasteiger partial charge in [0, 0.05) is 32.6 Å². The maximum atomic E-state index is 12.6. The van der Waals surface area contributed by atoms with Gasteiger partial charge in [-0.1, -0.05) is 24.3 Å². The highest BCUT2D eigenvalue weighted by Gasteiger charge is 2.35. The topological polar surface area (TPSA) is 66.8 Å². The summed E-state index contributed by atoms with van der Waals surface area (Å²) >= 11 is 0. The molecular weight excluding hydrogens is 282 g/mol. The molecule has 1 atom stereocenters. The van der Waals surface area contributed by atoms with Gasteiger partial charge in [-0.2, -0.15) is 0 Å². The Morgan fingerprint density at radius 1 is 1.18 bits per heavy atom. The minimum atomic E-state index is -0.921. The highest BCUT2D eigenvalue weighted by molar-refractivity contribution is 5.84. The summed E-state index contributed by atoms with van der Waals surface area (Å²) in [4.78, 5) is 25.7. The van der Waals surface area contributed by atoms with Gasteiger partial charge in [0.15, 0.2) is 0 Å². The molecule has 1 aromatic rings. The van der Waals surface area contributed by atoms with Crippen LogP contribution in [0.1, 0.15) is 30.4 Å². The number of hydrogen-bond donors (Lipinski definition) is 1. The number of carboxylic acid groups (broad SMARTS) is 1. The van der Waals surface area contributed by atoms with Crippen LogP contribution in [-0.2, 0) is 27.3 Å². The molecule has 1 aromatic carbocycles. The first kappa shape index (κ1) is 15.0. The molecule has 0 radical (unpaired) electrons. The summed E-state index contributed by atoms with van der Waals surface area (Å²) in [5.74, 6) is -0.656. The first-order chi connectivity index (χ1) is 10.6. The zero-order chi connectivity index (χ0) is 15.5. The summed E-state index contributed by atoms with van der Waals surface area (Å²) in [6, 6.07) is 7.02. The number of ether oxygens (including phenoxy) is 1. The Labute approximate surface area is 129 Å². The predicted octanol–water partition coefficient (Wildman–Crippen LogP) is 1.84. The lowest BCUT2D eigenvalue weighted by Crippen LogP contribution is -2.49. The second-order valence-electron chi connectivity index (χ2n) is 6.11. The third kappa shape index (κ3) is 3.14. The Bertz CT molecular complexity index is 566. The molecule has 1 N–H and O–H groups in total. The van der Waals surface area contributed by atoms with Crippen molar-refractivity contribution in [3.8, 4) is 0 Å². The van der Waals surface area contributed by atoms with Crippen molar-refractivity contribution in [1.29, 1.82) is 0 Å². The number of nitrogens with zero attached hydrogens (tertiary/aromatic N) is 1. The van der Waals surface area contributed by atoms with Gasteiger partial charge in [0.25, 0.3) is 0 Å². The summed E-state index contributed by atoms with van der Waals surface area (Å²) < 4.78 is 5.31. The van der Waals surface area contributed by atoms with Crippen LogP contribution in [0.25, 0.3) is 0 Å². The van der Waals surface area contributed by atoms with E-state index < -0.39 is 12.0 Å². The number of carbonyl (C=O) groups excluding carboxylic acids is 1. The summed E-state index contributed by atoms with van der Waals surface area (Å²) in [6.45, 7) is 1.79. The van der Waals surface area contributed by atoms with E-state index in [1.165, 1.54) is 0 Å². The summed E-state index contributed by atoms with van der Waals surface area (Å²) in [5, 5.41) is 9.48. The molecular formula is C17H21NO4. The van der Waals surface area contributed by atoms with Gasteiger partial charge in [-0.25, -0.2) is 4.79 Å². The molecule has 0 spiro atoms. The van der Waals surface area contributed by atoms with Crippen LogP contribution in [0.4, 0.5) is 0 Å². The summed E-state index contributed by atoms with van der Waals surface area (Å²) in [7, 11) is 0. The van der Waals surface area contributed by atoms with Crippen LogP contribution in [0.2, 0.25) is 0 Å². The minimum absolute atomic E-state index is 0.0474. The van der Waals surface area contributed by atoms with Gasteiger partial charge >= 0.3 is 5.97 Å². The number of hydrogen-bond acceptors (Lipinski definition) is 3. The van der Waals surface area contributed by atoms with E-state index >= 15 is 0 Å². The SMILES string of the molecule is O=C(O)C1Cc2ccccc2CN1C(=O)CC1CCOCC1. The van der Waals surface area contributed by atoms with Crippen LogP contribution in [0.3, 0.4) is 0 Å². The quantitative estimate of drug-likeness (QED) is 0.925. The molecule has 118 valence electrons. The first-order valence-corrected chi connectivity index (χ1v) is 7.82. The molecule has 5 heteroatoms. The van der Waals surface area contributed by atoms with Crippen molar-refractivity contribution in [1.82, 2.24) is 4.90 Å². The molecule has 1 fully saturated rings. The van der Waals surface area contributed by atoms with Crippen LogP contribution < -0.4 is 0 Å². The van der Waals surface area contributed by atoms with Crippen LogP contribution in [0, 0.1) is 5.92 Å². The fourth-order valence-corrected chi connectivity index (χ4v) is 3.32. The molecule has 5 nitrogen and oxygen atoms in total. The van der Waals surface area contributed by atoms with E-state index in [0.717, 1.165) is 24.0 Å². The molecule has 0 bridgehead atoms. The summed E-state index contributed by atoms with van der Waals surface area (Å²) in [5.41, 5.74) is 2.09. The van der Waals surface area contributed by atoms with Gasteiger partial charge in [0.1, 0.15) is 6.04 Å². The summed E-state index contributed by atoms with van der Waals surface area (Å²) in [6.07, 6.45) is 2.59. The monoisotopic (exact) mass is 303 g/mol. The lowest BCUT2D eigenvalue weighted by molar-refractivity contribution is -0.152. The average molecular weight is 303 g/mol. The van der Waals surface area contributed by atoms with Gasteiger partial charge in [-0.3, -0.25) is 4.79 Å². The Morgan fingerprint density at radius 2 is 1.86 bits per heavy atom. The molecule has 2 aliphatic rings. The number of rotatable bonds is 3. The fraction of sp³-hybridized carbons (Fsp3) is 0.529. The van der Waals surface area contributed by atoms with E-state index in [4.69, 9.17) is 4.74 Å². The molecule has 1 unspecified atom stereocenters. The Kier molecular flexibility index (Phi) is 4.43. The second kappa shape index (κ2) is 6.48. The maximum absolute atomic E-state index is 12.6. The van der Waals surface area contributed by atoms with E-state index in [2.05, 4.69) is 0 Å². The van der Waals surface area contributed by atoms with Gasteiger partial charge in [-0.15, -0.1) is 0 Å². The van der Waals surface area contributed by atoms with Gasteiger partial charge in [0.2, 0.25) is 5.91 Å². The lowest BCUT2D eigenvalue weighted by atomic mass is 9.91. The second-order valence-corrected chi connectivity index (χ2v) is 6.11. The van der Waals surface area contributed by atoms with E-state index in [9.17, 15) is 14.7 Å². The molecule has 0 saturated carbocycles. The van der Waals surface area contributed by atoms with Crippen molar-refractivity contribution in [2.75, 3.05) is 13.2 Å². The number of benzene rings is 1. The molecule has 0 aromatic heterocycles. The normalized spacial score (nSPS) is 22.2. The van der Waals surface area contributed by atoms with Crippen LogP contribution in [-0.4, -0.2) is 41.1 Å². The van der Waals surface area contributed by atoms with E-state index in [1.807, 2.05) is 24.3 Å². The molecule has 1 amide bonds. The molecule has 2 heterocycles. The van der Waals surface area contributed by atoms with E-state index in [-0.39, 0.29) is 5.91 Å². The zero-order valence-electron chi connectivity index (χ0n) is 12.5. The van der Waals surface area contributed by atoms with Crippen molar-refractivity contribution < 1.29 is 19.4 Å². The average Bonchev–Trinajstić information content (AvgIpc) is 2.54. The number of fused-ring (bicyclic) bond motifs is 1. The van der Waals surface area contributed by atoms with Gasteiger partial charge in [0.05, 0.1) is 0 Å². The largest absolute Gasteiger partial charge is 0.480 e. The molecule has 2 aliphatic heterocycles. The number of aliphatic carboxylic acids is 1. The number of carbonyl (C=O) groups is 2. The van der Waals surface area contributed by atoms with Crippen LogP contribution in [0.15, 0.2) is 24.3 Å². The Hall–Kier alpha value is -1.88. The highest BCUT2D eigenvalue weighted by Crippen LogP contribution is 2.26. The fourth-order valence-electron chi connectivity index (χ4n) is 3.32. The van der Waals surface area contributed by atoms with Crippen molar-refractivity contribution in [3.63, 3.8) is 0 Å². The van der Waals surface area contributed by atoms with Crippen LogP contribution in [0.5, 0.6) is 0 Å². The van der Waals surface area contributed by atoms with Gasteiger partial charge in [-0.05, 0) is 29.9 Å². The smallest absolute Gasteiger partial charge is 0.326 e. The zero-order valence-corrected chi connectivity index (χ0v) is 12.5. The maximum Gasteiger partial charge on any atom is 0.326 e.